The Morgan fingerprint density at radius 3 is 2.00 bits per heavy atom. The average Bonchev–Trinajstić information content (AvgIpc) is 2.34. The van der Waals surface area contributed by atoms with Gasteiger partial charge in [0.05, 0.1) is 20.0 Å². The van der Waals surface area contributed by atoms with Gasteiger partial charge >= 0.3 is 29.6 Å². The molecule has 0 radical (unpaired) electrons. The van der Waals surface area contributed by atoms with Gasteiger partial charge in [-0.2, -0.15) is 0 Å². The Morgan fingerprint density at radius 2 is 1.50 bits per heavy atom. The predicted octanol–water partition coefficient (Wildman–Crippen LogP) is 1.22. The Kier molecular flexibility index (Phi) is 6.38. The van der Waals surface area contributed by atoms with Crippen LogP contribution in [0.5, 0.6) is 0 Å². The largest absolute Gasteiger partial charge is 1.00 e. The van der Waals surface area contributed by atoms with Crippen LogP contribution in [-0.4, -0.2) is 13.0 Å². The fourth-order valence-corrected chi connectivity index (χ4v) is 3.32. The van der Waals surface area contributed by atoms with Gasteiger partial charge in [0.2, 0.25) is 0 Å². The Morgan fingerprint density at radius 1 is 0.950 bits per heavy atom. The first-order valence-electron chi connectivity index (χ1n) is 5.01. The van der Waals surface area contributed by atoms with Crippen LogP contribution in [-0.2, 0) is 10.1 Å². The molecule has 0 saturated heterocycles. The molecule has 2 aromatic rings. The van der Waals surface area contributed by atoms with E-state index in [-0.39, 0.29) is 50.2 Å². The summed E-state index contributed by atoms with van der Waals surface area (Å²) in [7, 11) is -4.73. The van der Waals surface area contributed by atoms with E-state index in [1.807, 2.05) is 0 Å². The van der Waals surface area contributed by atoms with Crippen LogP contribution >= 0.6 is 34.8 Å². The van der Waals surface area contributed by atoms with Crippen LogP contribution in [0.15, 0.2) is 41.3 Å². The molecule has 0 aliphatic heterocycles. The van der Waals surface area contributed by atoms with Gasteiger partial charge in [-0.1, -0.05) is 65.1 Å². The first-order chi connectivity index (χ1) is 8.82. The first kappa shape index (κ1) is 18.3. The van der Waals surface area contributed by atoms with Gasteiger partial charge in [-0.15, -0.1) is 0 Å². The second kappa shape index (κ2) is 6.99. The molecule has 20 heavy (non-hydrogen) atoms. The Bertz CT molecular complexity index is 733. The second-order valence-electron chi connectivity index (χ2n) is 3.68. The minimum absolute atomic E-state index is 0. The van der Waals surface area contributed by atoms with Gasteiger partial charge in [-0.3, -0.25) is 0 Å². The smallest absolute Gasteiger partial charge is 0.744 e. The van der Waals surface area contributed by atoms with E-state index in [0.29, 0.717) is 5.56 Å². The third-order valence-electron chi connectivity index (χ3n) is 2.45. The zero-order chi connectivity index (χ0) is 14.2. The summed E-state index contributed by atoms with van der Waals surface area (Å²) in [5.41, 5.74) is 0.802. The molecular formula is C12H6Cl3NaO3S. The molecular weight excluding hydrogens is 354 g/mol. The van der Waals surface area contributed by atoms with Crippen molar-refractivity contribution in [1.82, 2.24) is 0 Å². The van der Waals surface area contributed by atoms with Crippen LogP contribution < -0.4 is 29.6 Å². The molecule has 0 atom stereocenters. The van der Waals surface area contributed by atoms with E-state index in [1.165, 1.54) is 0 Å². The maximum Gasteiger partial charge on any atom is 1.00 e. The van der Waals surface area contributed by atoms with Gasteiger partial charge in [0.1, 0.15) is 10.1 Å². The van der Waals surface area contributed by atoms with Gasteiger partial charge in [-0.25, -0.2) is 8.42 Å². The monoisotopic (exact) mass is 358 g/mol. The standard InChI is InChI=1S/C12H7Cl3O3S.Na/c13-8-6-9(19(16,17)18)12(15)10(11(8)14)7-4-2-1-3-5-7;/h1-6H,(H,16,17,18);/q;+1/p-1. The number of hydrogen-bond donors (Lipinski definition) is 0. The van der Waals surface area contributed by atoms with E-state index >= 15 is 0 Å². The van der Waals surface area contributed by atoms with Gasteiger partial charge in [-0.05, 0) is 11.6 Å². The van der Waals surface area contributed by atoms with Crippen molar-refractivity contribution in [1.29, 1.82) is 0 Å². The summed E-state index contributed by atoms with van der Waals surface area (Å²) in [5.74, 6) is 0. The van der Waals surface area contributed by atoms with Crippen LogP contribution in [0, 0.1) is 0 Å². The zero-order valence-corrected chi connectivity index (χ0v) is 15.3. The Balaban J connectivity index is 0.00000200. The van der Waals surface area contributed by atoms with Crippen LogP contribution in [0.1, 0.15) is 0 Å². The van der Waals surface area contributed by atoms with E-state index in [0.717, 1.165) is 6.07 Å². The summed E-state index contributed by atoms with van der Waals surface area (Å²) < 4.78 is 33.5. The molecule has 2 aromatic carbocycles. The van der Waals surface area contributed by atoms with Crippen molar-refractivity contribution in [2.75, 3.05) is 0 Å². The molecule has 100 valence electrons. The third kappa shape index (κ3) is 3.70. The maximum atomic E-state index is 11.2. The van der Waals surface area contributed by atoms with Crippen molar-refractivity contribution >= 4 is 44.9 Å². The summed E-state index contributed by atoms with van der Waals surface area (Å²) in [6.07, 6.45) is 0. The molecule has 0 N–H and O–H groups in total. The van der Waals surface area contributed by atoms with E-state index in [1.54, 1.807) is 30.3 Å². The van der Waals surface area contributed by atoms with Gasteiger partial charge < -0.3 is 4.55 Å². The quantitative estimate of drug-likeness (QED) is 0.460. The molecule has 0 amide bonds. The molecule has 0 aliphatic carbocycles. The van der Waals surface area contributed by atoms with Crippen molar-refractivity contribution in [3.05, 3.63) is 51.5 Å². The zero-order valence-electron chi connectivity index (χ0n) is 10.2. The Labute approximate surface area is 153 Å². The summed E-state index contributed by atoms with van der Waals surface area (Å²) in [4.78, 5) is -0.581. The summed E-state index contributed by atoms with van der Waals surface area (Å²) in [5, 5.41) is -0.166. The molecule has 0 aliphatic rings. The van der Waals surface area contributed by atoms with Crippen LogP contribution in [0.2, 0.25) is 15.1 Å². The van der Waals surface area contributed by atoms with Gasteiger partial charge in [0.15, 0.2) is 0 Å². The van der Waals surface area contributed by atoms with Crippen molar-refractivity contribution in [3.63, 3.8) is 0 Å². The normalized spacial score (nSPS) is 11.0. The fourth-order valence-electron chi connectivity index (χ4n) is 1.62. The molecule has 2 rings (SSSR count). The number of rotatable bonds is 2. The molecule has 3 nitrogen and oxygen atoms in total. The number of halogens is 3. The van der Waals surface area contributed by atoms with Crippen LogP contribution in [0.3, 0.4) is 0 Å². The van der Waals surface area contributed by atoms with Crippen molar-refractivity contribution in [2.24, 2.45) is 0 Å². The Hall–Kier alpha value is 0.220. The fraction of sp³-hybridized carbons (Fsp3) is 0. The van der Waals surface area contributed by atoms with E-state index < -0.39 is 15.0 Å². The minimum atomic E-state index is -4.73. The molecule has 0 spiro atoms. The average molecular weight is 360 g/mol. The van der Waals surface area contributed by atoms with Crippen molar-refractivity contribution in [2.45, 2.75) is 4.90 Å². The van der Waals surface area contributed by atoms with Crippen molar-refractivity contribution in [3.8, 4) is 11.1 Å². The topological polar surface area (TPSA) is 57.2 Å². The first-order valence-corrected chi connectivity index (χ1v) is 7.55. The third-order valence-corrected chi connectivity index (χ3v) is 4.61. The molecule has 8 heteroatoms. The number of benzene rings is 2. The van der Waals surface area contributed by atoms with Gasteiger partial charge in [0, 0.05) is 5.56 Å². The van der Waals surface area contributed by atoms with Crippen LogP contribution in [0.4, 0.5) is 0 Å². The molecule has 0 aromatic heterocycles. The van der Waals surface area contributed by atoms with E-state index in [2.05, 4.69) is 0 Å². The second-order valence-corrected chi connectivity index (χ2v) is 6.19. The van der Waals surface area contributed by atoms with Gasteiger partial charge in [0.25, 0.3) is 0 Å². The van der Waals surface area contributed by atoms with E-state index in [9.17, 15) is 13.0 Å². The molecule has 0 fully saturated rings. The van der Waals surface area contributed by atoms with Crippen molar-refractivity contribution < 1.29 is 42.5 Å². The summed E-state index contributed by atoms with van der Waals surface area (Å²) in [6, 6.07) is 9.57. The summed E-state index contributed by atoms with van der Waals surface area (Å²) >= 11 is 17.9. The van der Waals surface area contributed by atoms with E-state index in [4.69, 9.17) is 34.8 Å². The predicted molar refractivity (Wildman–Crippen MR) is 74.9 cm³/mol. The minimum Gasteiger partial charge on any atom is -0.744 e. The molecule has 0 saturated carbocycles. The summed E-state index contributed by atoms with van der Waals surface area (Å²) in [6.45, 7) is 0. The molecule has 0 unspecified atom stereocenters. The number of hydrogen-bond acceptors (Lipinski definition) is 3. The maximum absolute atomic E-state index is 11.2. The SMILES string of the molecule is O=S(=O)([O-])c1cc(Cl)c(Cl)c(-c2ccccc2)c1Cl.[Na+]. The van der Waals surface area contributed by atoms with Crippen LogP contribution in [0.25, 0.3) is 11.1 Å². The molecule has 0 heterocycles. The molecule has 0 bridgehead atoms.